The number of amides is 2. The van der Waals surface area contributed by atoms with Crippen molar-refractivity contribution in [3.8, 4) is 0 Å². The van der Waals surface area contributed by atoms with E-state index in [2.05, 4.69) is 5.32 Å². The van der Waals surface area contributed by atoms with Crippen LogP contribution in [-0.2, 0) is 26.0 Å². The Bertz CT molecular complexity index is 1080. The average molecular weight is 488 g/mol. The number of anilines is 1. The molecule has 2 amide bonds. The molecule has 8 heteroatoms. The Hall–Kier alpha value is -2.87. The van der Waals surface area contributed by atoms with Gasteiger partial charge in [0.05, 0.1) is 11.9 Å². The van der Waals surface area contributed by atoms with E-state index in [-0.39, 0.29) is 18.4 Å². The van der Waals surface area contributed by atoms with E-state index in [9.17, 15) is 18.0 Å². The monoisotopic (exact) mass is 487 g/mol. The van der Waals surface area contributed by atoms with Crippen LogP contribution in [0.15, 0.2) is 48.5 Å². The van der Waals surface area contributed by atoms with Gasteiger partial charge in [-0.1, -0.05) is 50.2 Å². The van der Waals surface area contributed by atoms with Crippen LogP contribution in [0.3, 0.4) is 0 Å². The molecule has 0 saturated carbocycles. The number of nitrogens with zero attached hydrogens (tertiary/aromatic N) is 2. The van der Waals surface area contributed by atoms with Crippen molar-refractivity contribution in [2.75, 3.05) is 30.2 Å². The van der Waals surface area contributed by atoms with Gasteiger partial charge in [-0.05, 0) is 61.9 Å². The molecule has 0 aliphatic rings. The maximum atomic E-state index is 13.5. The lowest BCUT2D eigenvalue weighted by atomic mass is 10.1. The second-order valence-electron chi connectivity index (χ2n) is 9.18. The molecule has 34 heavy (non-hydrogen) atoms. The van der Waals surface area contributed by atoms with Crippen LogP contribution < -0.4 is 9.62 Å². The first kappa shape index (κ1) is 27.4. The number of rotatable bonds is 11. The highest BCUT2D eigenvalue weighted by atomic mass is 32.2. The second-order valence-corrected chi connectivity index (χ2v) is 11.1. The van der Waals surface area contributed by atoms with Gasteiger partial charge in [-0.15, -0.1) is 0 Å². The normalized spacial score (nSPS) is 12.3. The maximum Gasteiger partial charge on any atom is 0.244 e. The van der Waals surface area contributed by atoms with Crippen molar-refractivity contribution in [1.82, 2.24) is 10.2 Å². The van der Waals surface area contributed by atoms with Crippen molar-refractivity contribution in [2.45, 2.75) is 47.1 Å². The van der Waals surface area contributed by atoms with E-state index >= 15 is 0 Å². The number of nitrogens with one attached hydrogen (secondary N) is 1. The molecule has 1 atom stereocenters. The standard InChI is InChI=1S/C26H37N3O4S/c1-19(2)17-27-26(31)22(5)28(15-14-23-10-8-7-9-11-23)25(30)18-29(34(6,32)33)24-13-12-20(3)21(4)16-24/h7-13,16,19,22H,14-15,17-18H2,1-6H3,(H,27,31). The summed E-state index contributed by atoms with van der Waals surface area (Å²) < 4.78 is 26.4. The largest absolute Gasteiger partial charge is 0.354 e. The van der Waals surface area contributed by atoms with E-state index in [0.717, 1.165) is 27.3 Å². The van der Waals surface area contributed by atoms with E-state index in [0.29, 0.717) is 25.2 Å². The summed E-state index contributed by atoms with van der Waals surface area (Å²) in [6.07, 6.45) is 1.64. The molecule has 186 valence electrons. The third-order valence-electron chi connectivity index (χ3n) is 5.79. The molecule has 0 aliphatic heterocycles. The lowest BCUT2D eigenvalue weighted by Crippen LogP contribution is -2.52. The second kappa shape index (κ2) is 12.0. The Labute approximate surface area is 204 Å². The van der Waals surface area contributed by atoms with Crippen molar-refractivity contribution in [1.29, 1.82) is 0 Å². The molecule has 0 spiro atoms. The molecule has 0 radical (unpaired) electrons. The minimum Gasteiger partial charge on any atom is -0.354 e. The Morgan fingerprint density at radius 2 is 1.62 bits per heavy atom. The average Bonchev–Trinajstić information content (AvgIpc) is 2.77. The van der Waals surface area contributed by atoms with Gasteiger partial charge in [0.1, 0.15) is 12.6 Å². The number of carbonyl (C=O) groups excluding carboxylic acids is 2. The van der Waals surface area contributed by atoms with Crippen molar-refractivity contribution < 1.29 is 18.0 Å². The molecular formula is C26H37N3O4S. The summed E-state index contributed by atoms with van der Waals surface area (Å²) in [6.45, 7) is 9.93. The van der Waals surface area contributed by atoms with Crippen LogP contribution in [-0.4, -0.2) is 57.1 Å². The zero-order chi connectivity index (χ0) is 25.5. The van der Waals surface area contributed by atoms with Gasteiger partial charge < -0.3 is 10.2 Å². The lowest BCUT2D eigenvalue weighted by molar-refractivity contribution is -0.138. The molecule has 2 rings (SSSR count). The minimum absolute atomic E-state index is 0.257. The summed E-state index contributed by atoms with van der Waals surface area (Å²) in [6, 6.07) is 14.2. The Balaban J connectivity index is 2.31. The third kappa shape index (κ3) is 7.87. The van der Waals surface area contributed by atoms with Crippen LogP contribution in [0.4, 0.5) is 5.69 Å². The molecule has 0 bridgehead atoms. The number of hydrogen-bond donors (Lipinski definition) is 1. The summed E-state index contributed by atoms with van der Waals surface area (Å²) >= 11 is 0. The summed E-state index contributed by atoms with van der Waals surface area (Å²) in [4.78, 5) is 27.7. The zero-order valence-corrected chi connectivity index (χ0v) is 21.9. The van der Waals surface area contributed by atoms with Gasteiger partial charge in [-0.3, -0.25) is 13.9 Å². The van der Waals surface area contributed by atoms with E-state index in [1.54, 1.807) is 19.1 Å². The fourth-order valence-corrected chi connectivity index (χ4v) is 4.36. The van der Waals surface area contributed by atoms with E-state index < -0.39 is 22.0 Å². The molecule has 0 heterocycles. The van der Waals surface area contributed by atoms with Gasteiger partial charge in [0.15, 0.2) is 0 Å². The molecular weight excluding hydrogens is 450 g/mol. The van der Waals surface area contributed by atoms with Crippen molar-refractivity contribution in [3.63, 3.8) is 0 Å². The molecule has 0 aromatic heterocycles. The van der Waals surface area contributed by atoms with E-state index in [1.165, 1.54) is 4.90 Å². The number of aryl methyl sites for hydroxylation is 2. The summed E-state index contributed by atoms with van der Waals surface area (Å²) in [5, 5.41) is 2.88. The molecule has 1 N–H and O–H groups in total. The number of carbonyl (C=O) groups is 2. The fourth-order valence-electron chi connectivity index (χ4n) is 3.52. The SMILES string of the molecule is Cc1ccc(N(CC(=O)N(CCc2ccccc2)C(C)C(=O)NCC(C)C)S(C)(=O)=O)cc1C. The smallest absolute Gasteiger partial charge is 0.244 e. The number of benzene rings is 2. The first-order chi connectivity index (χ1) is 15.9. The number of hydrogen-bond acceptors (Lipinski definition) is 4. The van der Waals surface area contributed by atoms with Crippen LogP contribution in [0, 0.1) is 19.8 Å². The molecule has 0 saturated heterocycles. The van der Waals surface area contributed by atoms with Gasteiger partial charge in [0.25, 0.3) is 0 Å². The molecule has 2 aromatic carbocycles. The van der Waals surface area contributed by atoms with Gasteiger partial charge in [0, 0.05) is 13.1 Å². The van der Waals surface area contributed by atoms with Crippen molar-refractivity contribution >= 4 is 27.5 Å². The Morgan fingerprint density at radius 1 is 0.971 bits per heavy atom. The van der Waals surface area contributed by atoms with Crippen LogP contribution in [0.1, 0.15) is 37.5 Å². The molecule has 2 aromatic rings. The maximum absolute atomic E-state index is 13.5. The fraction of sp³-hybridized carbons (Fsp3) is 0.462. The summed E-state index contributed by atoms with van der Waals surface area (Å²) in [7, 11) is -3.73. The van der Waals surface area contributed by atoms with Crippen LogP contribution in [0.25, 0.3) is 0 Å². The topological polar surface area (TPSA) is 86.8 Å². The first-order valence-corrected chi connectivity index (χ1v) is 13.4. The molecule has 1 unspecified atom stereocenters. The highest BCUT2D eigenvalue weighted by Gasteiger charge is 2.29. The molecule has 0 fully saturated rings. The molecule has 7 nitrogen and oxygen atoms in total. The summed E-state index contributed by atoms with van der Waals surface area (Å²) in [5.74, 6) is -0.408. The lowest BCUT2D eigenvalue weighted by Gasteiger charge is -2.31. The highest BCUT2D eigenvalue weighted by Crippen LogP contribution is 2.22. The highest BCUT2D eigenvalue weighted by molar-refractivity contribution is 7.92. The van der Waals surface area contributed by atoms with Gasteiger partial charge in [-0.2, -0.15) is 0 Å². The Morgan fingerprint density at radius 3 is 2.18 bits per heavy atom. The summed E-state index contributed by atoms with van der Waals surface area (Å²) in [5.41, 5.74) is 3.42. The first-order valence-electron chi connectivity index (χ1n) is 11.6. The van der Waals surface area contributed by atoms with Crippen LogP contribution in [0.2, 0.25) is 0 Å². The zero-order valence-electron chi connectivity index (χ0n) is 21.0. The quantitative estimate of drug-likeness (QED) is 0.527. The van der Waals surface area contributed by atoms with Gasteiger partial charge >= 0.3 is 0 Å². The van der Waals surface area contributed by atoms with E-state index in [4.69, 9.17) is 0 Å². The predicted octanol–water partition coefficient (Wildman–Crippen LogP) is 3.30. The van der Waals surface area contributed by atoms with Crippen molar-refractivity contribution in [2.24, 2.45) is 5.92 Å². The Kier molecular flexibility index (Phi) is 9.67. The van der Waals surface area contributed by atoms with Gasteiger partial charge in [-0.25, -0.2) is 8.42 Å². The number of sulfonamides is 1. The van der Waals surface area contributed by atoms with Crippen LogP contribution in [0.5, 0.6) is 0 Å². The minimum atomic E-state index is -3.73. The van der Waals surface area contributed by atoms with Crippen LogP contribution >= 0.6 is 0 Å². The third-order valence-corrected chi connectivity index (χ3v) is 6.93. The molecule has 0 aliphatic carbocycles. The predicted molar refractivity (Wildman–Crippen MR) is 137 cm³/mol. The van der Waals surface area contributed by atoms with Crippen molar-refractivity contribution in [3.05, 3.63) is 65.2 Å². The van der Waals surface area contributed by atoms with Gasteiger partial charge in [0.2, 0.25) is 21.8 Å². The van der Waals surface area contributed by atoms with E-state index in [1.807, 2.05) is 64.1 Å².